The zero-order valence-electron chi connectivity index (χ0n) is 9.41. The second-order valence-corrected chi connectivity index (χ2v) is 5.22. The minimum Gasteiger partial charge on any atom is -0.444 e. The van der Waals surface area contributed by atoms with Gasteiger partial charge in [0.15, 0.2) is 10.4 Å². The lowest BCUT2D eigenvalue weighted by molar-refractivity contribution is 0.0740. The SMILES string of the molecule is CN(CC1CCCC1)C(=O)c1ccc(Br)o1. The molecule has 1 saturated carbocycles. The van der Waals surface area contributed by atoms with Gasteiger partial charge in [-0.3, -0.25) is 4.79 Å². The molecule has 0 spiro atoms. The molecule has 2 rings (SSSR count). The van der Waals surface area contributed by atoms with Gasteiger partial charge < -0.3 is 9.32 Å². The number of furan rings is 1. The average molecular weight is 286 g/mol. The summed E-state index contributed by atoms with van der Waals surface area (Å²) >= 11 is 3.20. The predicted octanol–water partition coefficient (Wildman–Crippen LogP) is 3.30. The van der Waals surface area contributed by atoms with Crippen LogP contribution in [0.4, 0.5) is 0 Å². The number of carbonyl (C=O) groups excluding carboxylic acids is 1. The summed E-state index contributed by atoms with van der Waals surface area (Å²) < 4.78 is 5.86. The van der Waals surface area contributed by atoms with Crippen molar-refractivity contribution in [1.82, 2.24) is 4.90 Å². The maximum atomic E-state index is 12.0. The van der Waals surface area contributed by atoms with E-state index in [-0.39, 0.29) is 5.91 Å². The quantitative estimate of drug-likeness (QED) is 0.854. The van der Waals surface area contributed by atoms with E-state index in [1.807, 2.05) is 7.05 Å². The number of halogens is 1. The van der Waals surface area contributed by atoms with Gasteiger partial charge in [0.25, 0.3) is 5.91 Å². The molecule has 1 aliphatic rings. The molecule has 1 aliphatic carbocycles. The van der Waals surface area contributed by atoms with E-state index in [2.05, 4.69) is 15.9 Å². The Morgan fingerprint density at radius 2 is 2.19 bits per heavy atom. The van der Waals surface area contributed by atoms with Crippen molar-refractivity contribution in [1.29, 1.82) is 0 Å². The van der Waals surface area contributed by atoms with Crippen molar-refractivity contribution in [2.45, 2.75) is 25.7 Å². The lowest BCUT2D eigenvalue weighted by Crippen LogP contribution is -2.30. The van der Waals surface area contributed by atoms with Gasteiger partial charge >= 0.3 is 0 Å². The molecular weight excluding hydrogens is 270 g/mol. The van der Waals surface area contributed by atoms with E-state index in [0.29, 0.717) is 16.3 Å². The fraction of sp³-hybridized carbons (Fsp3) is 0.583. The summed E-state index contributed by atoms with van der Waals surface area (Å²) in [5.41, 5.74) is 0. The maximum Gasteiger partial charge on any atom is 0.289 e. The molecule has 0 radical (unpaired) electrons. The second kappa shape index (κ2) is 5.04. The van der Waals surface area contributed by atoms with Gasteiger partial charge in [-0.05, 0) is 46.8 Å². The van der Waals surface area contributed by atoms with Crippen LogP contribution >= 0.6 is 15.9 Å². The van der Waals surface area contributed by atoms with Crippen molar-refractivity contribution in [3.8, 4) is 0 Å². The Morgan fingerprint density at radius 3 is 2.75 bits per heavy atom. The molecule has 1 fully saturated rings. The van der Waals surface area contributed by atoms with Crippen molar-refractivity contribution in [2.75, 3.05) is 13.6 Å². The summed E-state index contributed by atoms with van der Waals surface area (Å²) in [6, 6.07) is 3.45. The number of hydrogen-bond donors (Lipinski definition) is 0. The smallest absolute Gasteiger partial charge is 0.289 e. The van der Waals surface area contributed by atoms with Crippen LogP contribution < -0.4 is 0 Å². The third-order valence-electron chi connectivity index (χ3n) is 3.14. The highest BCUT2D eigenvalue weighted by Gasteiger charge is 2.21. The minimum atomic E-state index is -0.0300. The Bertz CT molecular complexity index is 369. The van der Waals surface area contributed by atoms with E-state index in [4.69, 9.17) is 4.42 Å². The van der Waals surface area contributed by atoms with Crippen molar-refractivity contribution in [2.24, 2.45) is 5.92 Å². The van der Waals surface area contributed by atoms with Gasteiger partial charge in [-0.15, -0.1) is 0 Å². The topological polar surface area (TPSA) is 33.5 Å². The van der Waals surface area contributed by atoms with Crippen molar-refractivity contribution in [3.05, 3.63) is 22.6 Å². The lowest BCUT2D eigenvalue weighted by atomic mass is 10.1. The third-order valence-corrected chi connectivity index (χ3v) is 3.56. The highest BCUT2D eigenvalue weighted by Crippen LogP contribution is 2.25. The molecule has 16 heavy (non-hydrogen) atoms. The van der Waals surface area contributed by atoms with E-state index in [1.165, 1.54) is 25.7 Å². The predicted molar refractivity (Wildman–Crippen MR) is 65.3 cm³/mol. The minimum absolute atomic E-state index is 0.0300. The Morgan fingerprint density at radius 1 is 1.50 bits per heavy atom. The van der Waals surface area contributed by atoms with Crippen LogP contribution in [-0.2, 0) is 0 Å². The van der Waals surface area contributed by atoms with Crippen LogP contribution in [0.3, 0.4) is 0 Å². The Hall–Kier alpha value is -0.770. The largest absolute Gasteiger partial charge is 0.444 e. The highest BCUT2D eigenvalue weighted by atomic mass is 79.9. The number of rotatable bonds is 3. The van der Waals surface area contributed by atoms with Crippen LogP contribution in [0.15, 0.2) is 21.2 Å². The summed E-state index contributed by atoms with van der Waals surface area (Å²) in [5, 5.41) is 0. The van der Waals surface area contributed by atoms with Crippen LogP contribution in [0, 0.1) is 5.92 Å². The van der Waals surface area contributed by atoms with Crippen LogP contribution in [-0.4, -0.2) is 24.4 Å². The van der Waals surface area contributed by atoms with E-state index in [0.717, 1.165) is 6.54 Å². The van der Waals surface area contributed by atoms with Crippen molar-refractivity contribution >= 4 is 21.8 Å². The fourth-order valence-corrected chi connectivity index (χ4v) is 2.59. The number of amides is 1. The molecule has 1 amide bonds. The third kappa shape index (κ3) is 2.67. The van der Waals surface area contributed by atoms with Crippen LogP contribution in [0.1, 0.15) is 36.2 Å². The second-order valence-electron chi connectivity index (χ2n) is 4.44. The molecule has 88 valence electrons. The monoisotopic (exact) mass is 285 g/mol. The van der Waals surface area contributed by atoms with Gasteiger partial charge in [0.05, 0.1) is 0 Å². The molecule has 0 saturated heterocycles. The maximum absolute atomic E-state index is 12.0. The van der Waals surface area contributed by atoms with E-state index < -0.39 is 0 Å². The molecule has 1 aromatic heterocycles. The molecule has 0 unspecified atom stereocenters. The van der Waals surface area contributed by atoms with E-state index in [1.54, 1.807) is 17.0 Å². The molecule has 0 aromatic carbocycles. The first-order valence-corrected chi connectivity index (χ1v) is 6.47. The van der Waals surface area contributed by atoms with Gasteiger partial charge in [0, 0.05) is 13.6 Å². The first kappa shape index (κ1) is 11.7. The zero-order chi connectivity index (χ0) is 11.5. The molecular formula is C12H16BrNO2. The number of nitrogens with zero attached hydrogens (tertiary/aromatic N) is 1. The Labute approximate surface area is 104 Å². The molecule has 1 heterocycles. The van der Waals surface area contributed by atoms with Gasteiger partial charge in [-0.25, -0.2) is 0 Å². The van der Waals surface area contributed by atoms with Gasteiger partial charge in [0.1, 0.15) is 0 Å². The van der Waals surface area contributed by atoms with E-state index >= 15 is 0 Å². The zero-order valence-corrected chi connectivity index (χ0v) is 11.0. The number of hydrogen-bond acceptors (Lipinski definition) is 2. The molecule has 4 heteroatoms. The molecule has 0 bridgehead atoms. The van der Waals surface area contributed by atoms with Gasteiger partial charge in [0.2, 0.25) is 0 Å². The first-order valence-electron chi connectivity index (χ1n) is 5.67. The summed E-state index contributed by atoms with van der Waals surface area (Å²) in [4.78, 5) is 13.7. The molecule has 1 aromatic rings. The summed E-state index contributed by atoms with van der Waals surface area (Å²) in [7, 11) is 1.84. The van der Waals surface area contributed by atoms with E-state index in [9.17, 15) is 4.79 Å². The van der Waals surface area contributed by atoms with Crippen LogP contribution in [0.2, 0.25) is 0 Å². The van der Waals surface area contributed by atoms with Crippen LogP contribution in [0.5, 0.6) is 0 Å². The summed E-state index contributed by atoms with van der Waals surface area (Å²) in [5.74, 6) is 1.05. The molecule has 0 aliphatic heterocycles. The summed E-state index contributed by atoms with van der Waals surface area (Å²) in [6.45, 7) is 0.844. The molecule has 0 atom stereocenters. The van der Waals surface area contributed by atoms with Crippen molar-refractivity contribution in [3.63, 3.8) is 0 Å². The van der Waals surface area contributed by atoms with Crippen LogP contribution in [0.25, 0.3) is 0 Å². The average Bonchev–Trinajstić information content (AvgIpc) is 2.88. The Kier molecular flexibility index (Phi) is 3.69. The lowest BCUT2D eigenvalue weighted by Gasteiger charge is -2.19. The standard InChI is InChI=1S/C12H16BrNO2/c1-14(8-9-4-2-3-5-9)12(15)10-6-7-11(13)16-10/h6-7,9H,2-5,8H2,1H3. The highest BCUT2D eigenvalue weighted by molar-refractivity contribution is 9.10. The summed E-state index contributed by atoms with van der Waals surface area (Å²) in [6.07, 6.45) is 5.11. The van der Waals surface area contributed by atoms with Gasteiger partial charge in [-0.2, -0.15) is 0 Å². The Balaban J connectivity index is 1.93. The van der Waals surface area contributed by atoms with Gasteiger partial charge in [-0.1, -0.05) is 12.8 Å². The first-order chi connectivity index (χ1) is 7.66. The number of carbonyl (C=O) groups is 1. The fourth-order valence-electron chi connectivity index (χ4n) is 2.28. The molecule has 0 N–H and O–H groups in total. The molecule has 3 nitrogen and oxygen atoms in total. The normalized spacial score (nSPS) is 16.6. The van der Waals surface area contributed by atoms with Crippen molar-refractivity contribution < 1.29 is 9.21 Å².